The summed E-state index contributed by atoms with van der Waals surface area (Å²) < 4.78 is 16.3. The zero-order valence-electron chi connectivity index (χ0n) is 8.30. The maximum atomic E-state index is 11.6. The molecule has 0 aliphatic heterocycles. The summed E-state index contributed by atoms with van der Waals surface area (Å²) in [6.07, 6.45) is 0.575. The van der Waals surface area contributed by atoms with E-state index in [-0.39, 0.29) is 0 Å². The highest BCUT2D eigenvalue weighted by atomic mass is 31.2. The molecule has 0 aliphatic carbocycles. The topological polar surface area (TPSA) is 46.5 Å². The van der Waals surface area contributed by atoms with Crippen LogP contribution in [0.3, 0.4) is 0 Å². The minimum absolute atomic E-state index is 0.443. The molecule has 1 rings (SSSR count). The van der Waals surface area contributed by atoms with Crippen molar-refractivity contribution < 1.29 is 14.0 Å². The Morgan fingerprint density at radius 1 is 1.57 bits per heavy atom. The van der Waals surface area contributed by atoms with Gasteiger partial charge >= 0.3 is 7.60 Å². The highest BCUT2D eigenvalue weighted by Gasteiger charge is 2.30. The molecule has 1 aromatic carbocycles. The highest BCUT2D eigenvalue weighted by molar-refractivity contribution is 7.53. The predicted octanol–water partition coefficient (Wildman–Crippen LogP) is 2.77. The summed E-state index contributed by atoms with van der Waals surface area (Å²) in [5.74, 6) is 0. The third-order valence-electron chi connectivity index (χ3n) is 2.17. The van der Waals surface area contributed by atoms with E-state index in [1.54, 1.807) is 24.3 Å². The average Bonchev–Trinajstić information content (AvgIpc) is 2.20. The minimum atomic E-state index is -3.52. The van der Waals surface area contributed by atoms with Gasteiger partial charge in [-0.15, -0.1) is 0 Å². The lowest BCUT2D eigenvalue weighted by Gasteiger charge is -2.19. The zero-order valence-corrected chi connectivity index (χ0v) is 9.20. The van der Waals surface area contributed by atoms with Crippen LogP contribution in [0, 0.1) is 6.07 Å². The fourth-order valence-corrected chi connectivity index (χ4v) is 2.67. The van der Waals surface area contributed by atoms with Gasteiger partial charge in [0.25, 0.3) is 0 Å². The number of benzene rings is 1. The van der Waals surface area contributed by atoms with Crippen LogP contribution in [0.1, 0.15) is 24.6 Å². The van der Waals surface area contributed by atoms with E-state index >= 15 is 0 Å². The third kappa shape index (κ3) is 2.44. The molecule has 0 aliphatic rings. The van der Waals surface area contributed by atoms with Crippen molar-refractivity contribution in [2.45, 2.75) is 19.0 Å². The number of hydrogen-bond acceptors (Lipinski definition) is 2. The fourth-order valence-electron chi connectivity index (χ4n) is 1.40. The van der Waals surface area contributed by atoms with E-state index < -0.39 is 13.3 Å². The van der Waals surface area contributed by atoms with E-state index in [1.807, 2.05) is 6.92 Å². The quantitative estimate of drug-likeness (QED) is 0.782. The van der Waals surface area contributed by atoms with Crippen LogP contribution in [0.25, 0.3) is 0 Å². The molecule has 0 saturated carbocycles. The molecule has 0 amide bonds. The smallest absolute Gasteiger partial charge is 0.324 e. The molecule has 1 radical (unpaired) electrons. The van der Waals surface area contributed by atoms with Crippen molar-refractivity contribution in [2.24, 2.45) is 0 Å². The fraction of sp³-hybridized carbons (Fsp3) is 0.400. The Morgan fingerprint density at radius 2 is 2.14 bits per heavy atom. The maximum absolute atomic E-state index is 11.6. The van der Waals surface area contributed by atoms with Crippen molar-refractivity contribution in [3.05, 3.63) is 35.9 Å². The second-order valence-corrected chi connectivity index (χ2v) is 5.12. The SMILES string of the molecule is CCC(c1cc[c]cc1)P(=O)(O)OC. The normalized spacial score (nSPS) is 17.4. The van der Waals surface area contributed by atoms with Crippen LogP contribution >= 0.6 is 7.60 Å². The summed E-state index contributed by atoms with van der Waals surface area (Å²) in [5, 5.41) is 0. The molecule has 0 bridgehead atoms. The predicted molar refractivity (Wildman–Crippen MR) is 55.1 cm³/mol. The lowest BCUT2D eigenvalue weighted by atomic mass is 10.1. The summed E-state index contributed by atoms with van der Waals surface area (Å²) >= 11 is 0. The van der Waals surface area contributed by atoms with Crippen molar-refractivity contribution in [2.75, 3.05) is 7.11 Å². The summed E-state index contributed by atoms with van der Waals surface area (Å²) in [6.45, 7) is 1.86. The first-order chi connectivity index (χ1) is 6.61. The molecule has 0 aromatic heterocycles. The molecule has 0 spiro atoms. The summed E-state index contributed by atoms with van der Waals surface area (Å²) in [7, 11) is -2.26. The van der Waals surface area contributed by atoms with Gasteiger partial charge in [-0.3, -0.25) is 4.57 Å². The van der Waals surface area contributed by atoms with Crippen LogP contribution in [-0.4, -0.2) is 12.0 Å². The lowest BCUT2D eigenvalue weighted by Crippen LogP contribution is -2.00. The molecule has 2 atom stereocenters. The van der Waals surface area contributed by atoms with Gasteiger partial charge in [0.15, 0.2) is 0 Å². The molecule has 14 heavy (non-hydrogen) atoms. The van der Waals surface area contributed by atoms with Gasteiger partial charge in [-0.05, 0) is 18.1 Å². The van der Waals surface area contributed by atoms with E-state index in [0.29, 0.717) is 6.42 Å². The monoisotopic (exact) mass is 213 g/mol. The number of hydrogen-bond donors (Lipinski definition) is 1. The largest absolute Gasteiger partial charge is 0.335 e. The van der Waals surface area contributed by atoms with Crippen LogP contribution in [0.4, 0.5) is 0 Å². The van der Waals surface area contributed by atoms with Gasteiger partial charge in [0, 0.05) is 7.11 Å². The highest BCUT2D eigenvalue weighted by Crippen LogP contribution is 2.57. The van der Waals surface area contributed by atoms with Crippen molar-refractivity contribution in [1.29, 1.82) is 0 Å². The molecule has 2 unspecified atom stereocenters. The van der Waals surface area contributed by atoms with Gasteiger partial charge in [0.2, 0.25) is 0 Å². The summed E-state index contributed by atoms with van der Waals surface area (Å²) in [5.41, 5.74) is 0.376. The van der Waals surface area contributed by atoms with Crippen LogP contribution < -0.4 is 0 Å². The van der Waals surface area contributed by atoms with Gasteiger partial charge in [0.05, 0.1) is 5.66 Å². The second-order valence-electron chi connectivity index (χ2n) is 3.00. The molecule has 0 heterocycles. The van der Waals surface area contributed by atoms with E-state index in [9.17, 15) is 9.46 Å². The van der Waals surface area contributed by atoms with Crippen LogP contribution in [0.2, 0.25) is 0 Å². The van der Waals surface area contributed by atoms with Crippen molar-refractivity contribution in [3.8, 4) is 0 Å². The van der Waals surface area contributed by atoms with Gasteiger partial charge in [0.1, 0.15) is 0 Å². The lowest BCUT2D eigenvalue weighted by molar-refractivity contribution is 0.303. The van der Waals surface area contributed by atoms with Crippen molar-refractivity contribution in [3.63, 3.8) is 0 Å². The summed E-state index contributed by atoms with van der Waals surface area (Å²) in [6, 6.07) is 9.90. The number of rotatable bonds is 4. The zero-order chi connectivity index (χ0) is 10.6. The van der Waals surface area contributed by atoms with E-state index in [2.05, 4.69) is 10.6 Å². The Bertz CT molecular complexity index is 323. The van der Waals surface area contributed by atoms with Crippen LogP contribution in [0.15, 0.2) is 24.3 Å². The molecule has 0 fully saturated rings. The van der Waals surface area contributed by atoms with Crippen LogP contribution in [0.5, 0.6) is 0 Å². The van der Waals surface area contributed by atoms with Gasteiger partial charge in [-0.2, -0.15) is 0 Å². The second kappa shape index (κ2) is 4.74. The molecule has 1 aromatic rings. The third-order valence-corrected chi connectivity index (χ3v) is 4.15. The van der Waals surface area contributed by atoms with E-state index in [1.165, 1.54) is 7.11 Å². The first kappa shape index (κ1) is 11.4. The summed E-state index contributed by atoms with van der Waals surface area (Å²) in [4.78, 5) is 9.56. The Kier molecular flexibility index (Phi) is 3.87. The van der Waals surface area contributed by atoms with Gasteiger partial charge in [-0.25, -0.2) is 0 Å². The van der Waals surface area contributed by atoms with Gasteiger partial charge in [-0.1, -0.05) is 31.2 Å². The minimum Gasteiger partial charge on any atom is -0.324 e. The first-order valence-electron chi connectivity index (χ1n) is 4.46. The Labute approximate surface area is 84.3 Å². The van der Waals surface area contributed by atoms with E-state index in [0.717, 1.165) is 5.56 Å². The molecule has 3 nitrogen and oxygen atoms in total. The Balaban J connectivity index is 3.00. The van der Waals surface area contributed by atoms with Gasteiger partial charge < -0.3 is 9.42 Å². The molecular weight excluding hydrogens is 199 g/mol. The average molecular weight is 213 g/mol. The standard InChI is InChI=1S/C10H14O3P/c1-3-10(14(11,12)13-2)9-7-5-4-6-8-9/h5-8,10H,3H2,1-2H3,(H,11,12). The van der Waals surface area contributed by atoms with Crippen molar-refractivity contribution in [1.82, 2.24) is 0 Å². The molecule has 1 N–H and O–H groups in total. The molecule has 4 heteroatoms. The Morgan fingerprint density at radius 3 is 2.57 bits per heavy atom. The molecular formula is C10H14O3P. The molecule has 77 valence electrons. The van der Waals surface area contributed by atoms with Crippen molar-refractivity contribution >= 4 is 7.60 Å². The van der Waals surface area contributed by atoms with Crippen LogP contribution in [-0.2, 0) is 9.09 Å². The van der Waals surface area contributed by atoms with E-state index in [4.69, 9.17) is 0 Å². The molecule has 0 saturated heterocycles. The maximum Gasteiger partial charge on any atom is 0.335 e. The first-order valence-corrected chi connectivity index (χ1v) is 6.10. The Hall–Kier alpha value is -0.630.